The molecule has 81 heavy (non-hydrogen) atoms. The molecule has 460 valence electrons. The van der Waals surface area contributed by atoms with Crippen molar-refractivity contribution in [3.05, 3.63) is 68.5 Å². The van der Waals surface area contributed by atoms with Crippen LogP contribution in [-0.2, 0) is 34.4 Å². The summed E-state index contributed by atoms with van der Waals surface area (Å²) >= 11 is 0. The van der Waals surface area contributed by atoms with Gasteiger partial charge in [-0.2, -0.15) is 8.61 Å². The van der Waals surface area contributed by atoms with Crippen LogP contribution >= 0.6 is 0 Å². The predicted octanol–water partition coefficient (Wildman–Crippen LogP) is 8.79. The Morgan fingerprint density at radius 3 is 1.28 bits per heavy atom. The smallest absolute Gasteiger partial charge is 0.303 e. The van der Waals surface area contributed by atoms with E-state index in [2.05, 4.69) is 16.0 Å². The predicted molar refractivity (Wildman–Crippen MR) is 330 cm³/mol. The second kappa shape index (κ2) is 38.2. The van der Waals surface area contributed by atoms with Gasteiger partial charge in [0.15, 0.2) is 0 Å². The molecule has 11 N–H and O–H groups in total. The summed E-state index contributed by atoms with van der Waals surface area (Å²) in [6, 6.07) is 7.94. The van der Waals surface area contributed by atoms with Crippen LogP contribution in [0.4, 0.5) is 11.4 Å². The van der Waals surface area contributed by atoms with E-state index < -0.39 is 43.0 Å². The molecule has 0 saturated carbocycles. The van der Waals surface area contributed by atoms with Crippen molar-refractivity contribution in [3.63, 3.8) is 0 Å². The van der Waals surface area contributed by atoms with Gasteiger partial charge in [0.1, 0.15) is 11.4 Å². The average molecular weight is 1180 g/mol. The number of aliphatic hydroxyl groups excluding tert-OH is 3. The van der Waals surface area contributed by atoms with Crippen molar-refractivity contribution in [2.45, 2.75) is 200 Å². The van der Waals surface area contributed by atoms with Crippen molar-refractivity contribution >= 4 is 67.2 Å². The van der Waals surface area contributed by atoms with Crippen LogP contribution in [0.15, 0.2) is 40.1 Å². The lowest BCUT2D eigenvalue weighted by atomic mass is 9.89. The van der Waals surface area contributed by atoms with E-state index >= 15 is 0 Å². The van der Waals surface area contributed by atoms with E-state index in [1.807, 2.05) is 66.1 Å². The van der Waals surface area contributed by atoms with Gasteiger partial charge in [-0.3, -0.25) is 19.4 Å². The first-order valence-electron chi connectivity index (χ1n) is 29.5. The number of primary amides is 1. The monoisotopic (exact) mass is 1170 g/mol. The number of aliphatic imine (C=N–C) groups is 1. The van der Waals surface area contributed by atoms with Gasteiger partial charge >= 0.3 is 5.97 Å². The number of carboxylic acid groups (broad SMARTS) is 1. The van der Waals surface area contributed by atoms with Crippen LogP contribution in [0.2, 0.25) is 0 Å². The molecular weight excluding hydrogens is 1070 g/mol. The van der Waals surface area contributed by atoms with E-state index in [0.29, 0.717) is 32.5 Å². The number of carboxylic acids is 1. The van der Waals surface area contributed by atoms with Gasteiger partial charge in [-0.25, -0.2) is 16.8 Å². The van der Waals surface area contributed by atoms with Gasteiger partial charge in [-0.1, -0.05) is 89.9 Å². The highest BCUT2D eigenvalue weighted by Crippen LogP contribution is 2.33. The number of piperidine rings is 2. The Morgan fingerprint density at radius 1 is 0.617 bits per heavy atom. The number of rotatable bonds is 31. The van der Waals surface area contributed by atoms with Crippen molar-refractivity contribution in [1.82, 2.24) is 13.9 Å². The maximum Gasteiger partial charge on any atom is 0.303 e. The number of aliphatic hydroxyl groups is 3. The zero-order valence-electron chi connectivity index (χ0n) is 50.0. The number of carbonyl (C=O) groups excluding carboxylic acids is 2. The number of nitrogens with two attached hydrogens (primary N) is 2. The number of aryl methyl sites for hydroxylation is 4. The fourth-order valence-corrected chi connectivity index (χ4v) is 12.4. The second-order valence-corrected chi connectivity index (χ2v) is 25.3. The van der Waals surface area contributed by atoms with Gasteiger partial charge in [0.05, 0.1) is 5.54 Å². The normalized spacial score (nSPS) is 16.2. The lowest BCUT2D eigenvalue weighted by molar-refractivity contribution is -0.137. The number of anilines is 2. The van der Waals surface area contributed by atoms with Crippen LogP contribution < -0.4 is 27.4 Å². The minimum atomic E-state index is -3.59. The van der Waals surface area contributed by atoms with E-state index in [9.17, 15) is 31.2 Å². The maximum absolute atomic E-state index is 13.0. The number of aliphatic carboxylic acids is 1. The molecule has 0 bridgehead atoms. The van der Waals surface area contributed by atoms with Gasteiger partial charge in [-0.15, -0.1) is 0 Å². The van der Waals surface area contributed by atoms with Crippen LogP contribution in [0.25, 0.3) is 12.2 Å². The number of carbonyl (C=O) groups is 3. The van der Waals surface area contributed by atoms with Crippen molar-refractivity contribution < 1.29 is 51.6 Å². The van der Waals surface area contributed by atoms with Crippen LogP contribution in [0.5, 0.6) is 0 Å². The minimum absolute atomic E-state index is 0.0844. The van der Waals surface area contributed by atoms with Crippen LogP contribution in [0.1, 0.15) is 194 Å². The Hall–Kier alpha value is -4.74. The number of nitrogens with one attached hydrogen (secondary N) is 3. The molecular formula is C60H102N8O11S2. The molecule has 0 unspecified atom stereocenters. The van der Waals surface area contributed by atoms with E-state index in [0.717, 1.165) is 115 Å². The number of unbranched alkanes of at least 4 members (excludes halogenated alkanes) is 16. The largest absolute Gasteiger partial charge is 0.481 e. The Labute approximate surface area is 486 Å². The highest BCUT2D eigenvalue weighted by molar-refractivity contribution is 7.92. The van der Waals surface area contributed by atoms with E-state index in [1.54, 1.807) is 19.1 Å². The number of hydrogen-bond donors (Lipinski definition) is 9. The van der Waals surface area contributed by atoms with Gasteiger partial charge < -0.3 is 47.8 Å². The summed E-state index contributed by atoms with van der Waals surface area (Å²) in [5, 5.41) is 45.0. The van der Waals surface area contributed by atoms with E-state index in [4.69, 9.17) is 36.9 Å². The van der Waals surface area contributed by atoms with Crippen molar-refractivity contribution in [2.24, 2.45) is 16.5 Å². The zero-order chi connectivity index (χ0) is 60.5. The number of hydrogen-bond acceptors (Lipinski definition) is 14. The molecule has 2 amide bonds. The molecule has 21 heteroatoms. The van der Waals surface area contributed by atoms with Gasteiger partial charge in [0.25, 0.3) is 5.91 Å². The third-order valence-corrected chi connectivity index (χ3v) is 18.2. The number of benzene rings is 2. The zero-order valence-corrected chi connectivity index (χ0v) is 51.6. The van der Waals surface area contributed by atoms with Crippen molar-refractivity contribution in [3.8, 4) is 0 Å². The molecule has 3 heterocycles. The van der Waals surface area contributed by atoms with Gasteiger partial charge in [0.2, 0.25) is 26.0 Å². The van der Waals surface area contributed by atoms with Crippen LogP contribution in [-0.4, -0.2) is 141 Å². The summed E-state index contributed by atoms with van der Waals surface area (Å²) in [6.45, 7) is 11.3. The molecule has 0 radical (unpaired) electrons. The molecule has 5 rings (SSSR count). The summed E-state index contributed by atoms with van der Waals surface area (Å²) in [5.41, 5.74) is 17.0. The van der Waals surface area contributed by atoms with Crippen molar-refractivity contribution in [2.75, 3.05) is 70.7 Å². The first-order valence-corrected chi connectivity index (χ1v) is 32.5. The van der Waals surface area contributed by atoms with Crippen LogP contribution in [0, 0.1) is 27.7 Å². The molecule has 2 saturated heterocycles. The summed E-state index contributed by atoms with van der Waals surface area (Å²) in [6.07, 6.45) is 25.9. The highest BCUT2D eigenvalue weighted by Gasteiger charge is 2.47. The fourth-order valence-electron chi connectivity index (χ4n) is 10.0. The minimum Gasteiger partial charge on any atom is -0.481 e. The number of nitrogens with zero attached hydrogens (tertiary/aromatic N) is 3. The van der Waals surface area contributed by atoms with Crippen molar-refractivity contribution in [1.29, 1.82) is 0 Å². The summed E-state index contributed by atoms with van der Waals surface area (Å²) in [5.74, 6) is -0.597. The number of amides is 2. The number of amidine groups is 1. The fraction of sp³-hybridized carbons (Fsp3) is 0.667. The molecule has 3 aliphatic heterocycles. The molecule has 2 aromatic rings. The Morgan fingerprint density at radius 2 is 0.951 bits per heavy atom. The first-order chi connectivity index (χ1) is 38.5. The van der Waals surface area contributed by atoms with E-state index in [1.165, 1.54) is 77.2 Å². The second-order valence-electron chi connectivity index (χ2n) is 21.6. The average Bonchev–Trinajstić information content (AvgIpc) is 3.94. The molecule has 3 aliphatic rings. The molecule has 0 atom stereocenters. The van der Waals surface area contributed by atoms with Gasteiger partial charge in [0, 0.05) is 95.1 Å². The topological polar surface area (TPSA) is 307 Å². The van der Waals surface area contributed by atoms with Gasteiger partial charge in [-0.05, 0) is 156 Å². The van der Waals surface area contributed by atoms with Crippen LogP contribution in [0.3, 0.4) is 0 Å². The first kappa shape index (κ1) is 72.4. The maximum atomic E-state index is 13.0. The highest BCUT2D eigenvalue weighted by atomic mass is 32.2. The Balaban J connectivity index is 0.000000446. The lowest BCUT2D eigenvalue weighted by Crippen LogP contribution is -2.58. The molecule has 1 spiro atoms. The third kappa shape index (κ3) is 26.2. The molecule has 0 aromatic heterocycles. The quantitative estimate of drug-likeness (QED) is 0.0319. The third-order valence-electron chi connectivity index (χ3n) is 15.1. The number of sulfonamides is 2. The standard InChI is InChI=1S/C29H46N4O4S.C17H26N4O3S.C12H24O3.C2H6O/c1-23-21-25(30-3)22-24(2)26(23)14-20-38(36,37)33-17-15-29(16-18-33)28(35)31-27(32-29)13-11-9-7-5-4-6-8-10-12-19-34;1-12-10-14(20-3)11-13(2)15(12)4-9-25(23,24)21-7-5-17(19,6-8-21)16(18)22;13-11-9-7-5-3-1-2-4-6-8-10-12(14)15;1-2-3/h14,20-22,30,34H,4-13,15-19H2,1-3H3,(H,31,32,35);4,9-11,20H,5-8,19H2,1-3H3,(H2,18,22);13H,1-11H2,(H,14,15);3H,2H2,1H3/b20-14+;9-4+;;. The summed E-state index contributed by atoms with van der Waals surface area (Å²) < 4.78 is 54.0. The Bertz CT molecular complexity index is 2490. The summed E-state index contributed by atoms with van der Waals surface area (Å²) in [4.78, 5) is 39.2. The SMILES string of the molecule is CCO.CNc1cc(C)c(/C=C/S(=O)(=O)N2CCC(N)(C(N)=O)CC2)c(C)c1.CNc1cc(C)c(/C=C/S(=O)(=O)N2CCC3(CC2)N=C(CCCCCCCCCCCO)NC3=O)c(C)c1.O=C(O)CCCCCCCCCCCO. The molecule has 0 aliphatic carbocycles. The molecule has 19 nitrogen and oxygen atoms in total. The lowest BCUT2D eigenvalue weighted by Gasteiger charge is -2.35. The Kier molecular flexibility index (Phi) is 34.1. The summed E-state index contributed by atoms with van der Waals surface area (Å²) in [7, 11) is -3.47. The molecule has 2 aromatic carbocycles. The molecule has 2 fully saturated rings. The van der Waals surface area contributed by atoms with E-state index in [-0.39, 0.29) is 51.5 Å².